The summed E-state index contributed by atoms with van der Waals surface area (Å²) in [6, 6.07) is 15.4. The lowest BCUT2D eigenvalue weighted by Crippen LogP contribution is -2.35. The van der Waals surface area contributed by atoms with Crippen LogP contribution < -0.4 is 0 Å². The first-order valence-corrected chi connectivity index (χ1v) is 6.62. The van der Waals surface area contributed by atoms with E-state index in [-0.39, 0.29) is 17.6 Å². The Balaban J connectivity index is 2.04. The first-order chi connectivity index (χ1) is 9.58. The predicted molar refractivity (Wildman–Crippen MR) is 78.1 cm³/mol. The van der Waals surface area contributed by atoms with Gasteiger partial charge in [-0.3, -0.25) is 9.69 Å². The zero-order chi connectivity index (χ0) is 14.5. The number of carbonyl (C=O) groups is 1. The van der Waals surface area contributed by atoms with Crippen molar-refractivity contribution in [2.45, 2.75) is 19.5 Å². The van der Waals surface area contributed by atoms with Crippen LogP contribution in [-0.2, 0) is 6.54 Å². The van der Waals surface area contributed by atoms with Crippen molar-refractivity contribution in [2.75, 3.05) is 7.05 Å². The first-order valence-electron chi connectivity index (χ1n) is 6.62. The number of nitrogens with zero attached hydrogens (tertiary/aromatic N) is 1. The van der Waals surface area contributed by atoms with E-state index in [1.165, 1.54) is 24.3 Å². The second-order valence-electron chi connectivity index (χ2n) is 4.95. The minimum Gasteiger partial charge on any atom is -0.292 e. The molecule has 0 fully saturated rings. The largest absolute Gasteiger partial charge is 0.292 e. The summed E-state index contributed by atoms with van der Waals surface area (Å²) >= 11 is 0. The van der Waals surface area contributed by atoms with Crippen LogP contribution in [-0.4, -0.2) is 23.8 Å². The van der Waals surface area contributed by atoms with E-state index >= 15 is 0 Å². The molecule has 0 aliphatic rings. The summed E-state index contributed by atoms with van der Waals surface area (Å²) in [6.45, 7) is 2.57. The van der Waals surface area contributed by atoms with E-state index in [2.05, 4.69) is 0 Å². The molecule has 0 aliphatic heterocycles. The monoisotopic (exact) mass is 271 g/mol. The van der Waals surface area contributed by atoms with Crippen LogP contribution >= 0.6 is 0 Å². The molecule has 2 nitrogen and oxygen atoms in total. The van der Waals surface area contributed by atoms with Gasteiger partial charge >= 0.3 is 0 Å². The summed E-state index contributed by atoms with van der Waals surface area (Å²) in [5, 5.41) is 0. The van der Waals surface area contributed by atoms with Crippen molar-refractivity contribution in [1.82, 2.24) is 4.90 Å². The van der Waals surface area contributed by atoms with Gasteiger partial charge in [0.15, 0.2) is 5.78 Å². The van der Waals surface area contributed by atoms with Crippen molar-refractivity contribution < 1.29 is 9.18 Å². The van der Waals surface area contributed by atoms with Gasteiger partial charge in [-0.1, -0.05) is 30.3 Å². The van der Waals surface area contributed by atoms with Crippen molar-refractivity contribution >= 4 is 5.78 Å². The molecule has 0 saturated carbocycles. The zero-order valence-corrected chi connectivity index (χ0v) is 11.7. The minimum atomic E-state index is -0.327. The Hall–Kier alpha value is -2.00. The summed E-state index contributed by atoms with van der Waals surface area (Å²) in [5.74, 6) is -0.324. The standard InChI is InChI=1S/C17H18FNO/c1-13(17(20)15-8-10-16(18)11-9-15)19(2)12-14-6-4-3-5-7-14/h3-11,13H,12H2,1-2H3. The van der Waals surface area contributed by atoms with Crippen molar-refractivity contribution in [3.05, 3.63) is 71.5 Å². The molecule has 1 unspecified atom stereocenters. The Labute approximate surface area is 118 Å². The van der Waals surface area contributed by atoms with Crippen LogP contribution in [0.4, 0.5) is 4.39 Å². The van der Waals surface area contributed by atoms with Crippen LogP contribution in [0.3, 0.4) is 0 Å². The fourth-order valence-corrected chi connectivity index (χ4v) is 2.06. The molecule has 2 rings (SSSR count). The van der Waals surface area contributed by atoms with Gasteiger partial charge in [0.25, 0.3) is 0 Å². The van der Waals surface area contributed by atoms with Gasteiger partial charge in [0, 0.05) is 12.1 Å². The lowest BCUT2D eigenvalue weighted by molar-refractivity contribution is 0.0862. The molecule has 0 N–H and O–H groups in total. The van der Waals surface area contributed by atoms with Crippen molar-refractivity contribution in [3.8, 4) is 0 Å². The average molecular weight is 271 g/mol. The van der Waals surface area contributed by atoms with Gasteiger partial charge in [-0.2, -0.15) is 0 Å². The molecule has 0 bridgehead atoms. The number of hydrogen-bond acceptors (Lipinski definition) is 2. The van der Waals surface area contributed by atoms with Gasteiger partial charge in [-0.25, -0.2) is 4.39 Å². The molecule has 0 saturated heterocycles. The number of halogens is 1. The smallest absolute Gasteiger partial charge is 0.179 e. The second-order valence-corrected chi connectivity index (χ2v) is 4.95. The molecule has 104 valence electrons. The van der Waals surface area contributed by atoms with Gasteiger partial charge in [-0.05, 0) is 43.8 Å². The lowest BCUT2D eigenvalue weighted by Gasteiger charge is -2.23. The quantitative estimate of drug-likeness (QED) is 0.775. The highest BCUT2D eigenvalue weighted by atomic mass is 19.1. The van der Waals surface area contributed by atoms with E-state index in [9.17, 15) is 9.18 Å². The third kappa shape index (κ3) is 3.52. The molecule has 0 amide bonds. The number of Topliss-reactive ketones (excluding diaryl/α,β-unsaturated/α-hetero) is 1. The molecule has 0 heterocycles. The summed E-state index contributed by atoms with van der Waals surface area (Å²) in [5.41, 5.74) is 1.70. The highest BCUT2D eigenvalue weighted by molar-refractivity contribution is 5.99. The number of ketones is 1. The molecule has 0 aliphatic carbocycles. The van der Waals surface area contributed by atoms with Gasteiger partial charge in [-0.15, -0.1) is 0 Å². The van der Waals surface area contributed by atoms with Crippen LogP contribution in [0, 0.1) is 5.82 Å². The normalized spacial score (nSPS) is 12.4. The molecule has 1 atom stereocenters. The maximum atomic E-state index is 12.9. The number of carbonyl (C=O) groups excluding carboxylic acids is 1. The molecule has 0 aromatic heterocycles. The molecular formula is C17H18FNO. The third-order valence-corrected chi connectivity index (χ3v) is 3.44. The van der Waals surface area contributed by atoms with E-state index in [0.717, 1.165) is 5.56 Å². The van der Waals surface area contributed by atoms with Gasteiger partial charge in [0.05, 0.1) is 6.04 Å². The maximum absolute atomic E-state index is 12.9. The Kier molecular flexibility index (Phi) is 4.64. The minimum absolute atomic E-state index is 0.00318. The fourth-order valence-electron chi connectivity index (χ4n) is 2.06. The first kappa shape index (κ1) is 14.4. The Morgan fingerprint density at radius 1 is 1.10 bits per heavy atom. The van der Waals surface area contributed by atoms with Crippen LogP contribution in [0.1, 0.15) is 22.8 Å². The average Bonchev–Trinajstić information content (AvgIpc) is 2.47. The number of rotatable bonds is 5. The highest BCUT2D eigenvalue weighted by Crippen LogP contribution is 2.12. The molecule has 20 heavy (non-hydrogen) atoms. The van der Waals surface area contributed by atoms with Crippen LogP contribution in [0.15, 0.2) is 54.6 Å². The van der Waals surface area contributed by atoms with Crippen LogP contribution in [0.5, 0.6) is 0 Å². The third-order valence-electron chi connectivity index (χ3n) is 3.44. The molecule has 2 aromatic carbocycles. The summed E-state index contributed by atoms with van der Waals surface area (Å²) in [6.07, 6.45) is 0. The van der Waals surface area contributed by atoms with Gasteiger partial charge < -0.3 is 0 Å². The fraction of sp³-hybridized carbons (Fsp3) is 0.235. The number of benzene rings is 2. The topological polar surface area (TPSA) is 20.3 Å². The molecule has 3 heteroatoms. The summed E-state index contributed by atoms with van der Waals surface area (Å²) in [7, 11) is 1.92. The van der Waals surface area contributed by atoms with Crippen LogP contribution in [0.2, 0.25) is 0 Å². The predicted octanol–water partition coefficient (Wildman–Crippen LogP) is 3.53. The highest BCUT2D eigenvalue weighted by Gasteiger charge is 2.19. The lowest BCUT2D eigenvalue weighted by atomic mass is 10.0. The van der Waals surface area contributed by atoms with E-state index < -0.39 is 0 Å². The Bertz CT molecular complexity index is 565. The van der Waals surface area contributed by atoms with Crippen molar-refractivity contribution in [2.24, 2.45) is 0 Å². The SMILES string of the molecule is CC(C(=O)c1ccc(F)cc1)N(C)Cc1ccccc1. The van der Waals surface area contributed by atoms with Crippen molar-refractivity contribution in [3.63, 3.8) is 0 Å². The van der Waals surface area contributed by atoms with Gasteiger partial charge in [0.1, 0.15) is 5.82 Å². The Morgan fingerprint density at radius 3 is 2.30 bits per heavy atom. The van der Waals surface area contributed by atoms with Gasteiger partial charge in [0.2, 0.25) is 0 Å². The number of hydrogen-bond donors (Lipinski definition) is 0. The van der Waals surface area contributed by atoms with Crippen molar-refractivity contribution in [1.29, 1.82) is 0 Å². The Morgan fingerprint density at radius 2 is 1.70 bits per heavy atom. The zero-order valence-electron chi connectivity index (χ0n) is 11.7. The van der Waals surface area contributed by atoms with E-state index in [0.29, 0.717) is 12.1 Å². The van der Waals surface area contributed by atoms with Crippen LogP contribution in [0.25, 0.3) is 0 Å². The van der Waals surface area contributed by atoms with E-state index in [4.69, 9.17) is 0 Å². The summed E-state index contributed by atoms with van der Waals surface area (Å²) < 4.78 is 12.9. The molecular weight excluding hydrogens is 253 g/mol. The van der Waals surface area contributed by atoms with E-state index in [1.54, 1.807) is 0 Å². The summed E-state index contributed by atoms with van der Waals surface area (Å²) in [4.78, 5) is 14.3. The van der Waals surface area contributed by atoms with E-state index in [1.807, 2.05) is 49.2 Å². The molecule has 0 spiro atoms. The second kappa shape index (κ2) is 6.44. The molecule has 2 aromatic rings. The number of likely N-dealkylation sites (N-methyl/N-ethyl adjacent to an activating group) is 1. The maximum Gasteiger partial charge on any atom is 0.179 e. The molecule has 0 radical (unpaired) electrons.